The zero-order chi connectivity index (χ0) is 14.0. The van der Waals surface area contributed by atoms with Crippen LogP contribution in [0.3, 0.4) is 0 Å². The average molecular weight is 261 g/mol. The number of rotatable bonds is 3. The zero-order valence-corrected chi connectivity index (χ0v) is 11.3. The maximum atomic E-state index is 13.9. The number of hydrogen-bond donors (Lipinski definition) is 1. The van der Waals surface area contributed by atoms with Crippen molar-refractivity contribution < 1.29 is 8.78 Å². The predicted molar refractivity (Wildman–Crippen MR) is 74.0 cm³/mol. The topological polar surface area (TPSA) is 12.0 Å². The Morgan fingerprint density at radius 1 is 1.00 bits per heavy atom. The number of aryl methyl sites for hydroxylation is 1. The molecule has 1 atom stereocenters. The molecule has 0 heterocycles. The summed E-state index contributed by atoms with van der Waals surface area (Å²) < 4.78 is 27.7. The molecule has 0 aliphatic rings. The molecular weight excluding hydrogens is 244 g/mol. The maximum Gasteiger partial charge on any atom is 0.134 e. The molecule has 1 N–H and O–H groups in total. The Labute approximate surface area is 112 Å². The zero-order valence-electron chi connectivity index (χ0n) is 11.3. The van der Waals surface area contributed by atoms with E-state index in [4.69, 9.17) is 0 Å². The third-order valence-corrected chi connectivity index (χ3v) is 3.32. The Bertz CT molecular complexity index is 553. The van der Waals surface area contributed by atoms with Gasteiger partial charge in [0.2, 0.25) is 0 Å². The van der Waals surface area contributed by atoms with Gasteiger partial charge in [-0.05, 0) is 49.7 Å². The van der Waals surface area contributed by atoms with Crippen LogP contribution in [0.2, 0.25) is 0 Å². The lowest BCUT2D eigenvalue weighted by Crippen LogP contribution is -2.11. The van der Waals surface area contributed by atoms with Crippen LogP contribution < -0.4 is 5.32 Å². The molecule has 1 nitrogen and oxygen atoms in total. The van der Waals surface area contributed by atoms with Crippen molar-refractivity contribution >= 4 is 0 Å². The van der Waals surface area contributed by atoms with E-state index in [-0.39, 0.29) is 11.6 Å². The molecule has 0 saturated heterocycles. The van der Waals surface area contributed by atoms with E-state index in [2.05, 4.69) is 5.32 Å². The Morgan fingerprint density at radius 2 is 1.53 bits per heavy atom. The van der Waals surface area contributed by atoms with E-state index < -0.39 is 11.6 Å². The molecule has 3 heteroatoms. The van der Waals surface area contributed by atoms with Gasteiger partial charge in [-0.3, -0.25) is 0 Å². The van der Waals surface area contributed by atoms with Crippen LogP contribution in [0.5, 0.6) is 0 Å². The van der Waals surface area contributed by atoms with Crippen LogP contribution in [0.25, 0.3) is 11.1 Å². The van der Waals surface area contributed by atoms with Gasteiger partial charge in [0.05, 0.1) is 5.56 Å². The lowest BCUT2D eigenvalue weighted by atomic mass is 9.99. The molecule has 0 spiro atoms. The van der Waals surface area contributed by atoms with E-state index in [0.717, 1.165) is 5.56 Å². The molecule has 2 aromatic carbocycles. The van der Waals surface area contributed by atoms with Crippen molar-refractivity contribution in [1.29, 1.82) is 0 Å². The molecule has 19 heavy (non-hydrogen) atoms. The van der Waals surface area contributed by atoms with Gasteiger partial charge in [-0.2, -0.15) is 0 Å². The smallest absolute Gasteiger partial charge is 0.134 e. The van der Waals surface area contributed by atoms with Crippen LogP contribution in [0.4, 0.5) is 8.78 Å². The molecular formula is C16H17F2N. The highest BCUT2D eigenvalue weighted by molar-refractivity contribution is 5.65. The highest BCUT2D eigenvalue weighted by Gasteiger charge is 2.12. The monoisotopic (exact) mass is 261 g/mol. The van der Waals surface area contributed by atoms with Crippen molar-refractivity contribution in [2.24, 2.45) is 0 Å². The van der Waals surface area contributed by atoms with Gasteiger partial charge < -0.3 is 5.32 Å². The minimum absolute atomic E-state index is 0.0364. The van der Waals surface area contributed by atoms with Gasteiger partial charge in [-0.25, -0.2) is 8.78 Å². The van der Waals surface area contributed by atoms with E-state index >= 15 is 0 Å². The van der Waals surface area contributed by atoms with E-state index in [1.165, 1.54) is 12.1 Å². The van der Waals surface area contributed by atoms with Crippen LogP contribution in [0.1, 0.15) is 24.1 Å². The van der Waals surface area contributed by atoms with Crippen molar-refractivity contribution in [2.75, 3.05) is 7.05 Å². The molecule has 0 aliphatic heterocycles. The number of benzene rings is 2. The lowest BCUT2D eigenvalue weighted by Gasteiger charge is -2.12. The Hall–Kier alpha value is -1.74. The summed E-state index contributed by atoms with van der Waals surface area (Å²) >= 11 is 0. The fourth-order valence-electron chi connectivity index (χ4n) is 2.08. The van der Waals surface area contributed by atoms with Crippen LogP contribution in [-0.4, -0.2) is 7.05 Å². The molecule has 0 saturated carbocycles. The summed E-state index contributed by atoms with van der Waals surface area (Å²) in [5, 5.41) is 3.12. The molecule has 0 bridgehead atoms. The second kappa shape index (κ2) is 5.49. The van der Waals surface area contributed by atoms with Crippen LogP contribution in [-0.2, 0) is 0 Å². The third-order valence-electron chi connectivity index (χ3n) is 3.32. The Balaban J connectivity index is 2.43. The van der Waals surface area contributed by atoms with E-state index in [0.29, 0.717) is 11.1 Å². The largest absolute Gasteiger partial charge is 0.313 e. The van der Waals surface area contributed by atoms with Crippen molar-refractivity contribution in [3.8, 4) is 11.1 Å². The standard InChI is InChI=1S/C16H17F2N/c1-10-8-14(17)16(15(18)9-10)13-6-4-12(5-7-13)11(2)19-3/h4-9,11,19H,1-3H3. The molecule has 0 fully saturated rings. The predicted octanol–water partition coefficient (Wildman–Crippen LogP) is 4.22. The summed E-state index contributed by atoms with van der Waals surface area (Å²) in [4.78, 5) is 0. The van der Waals surface area contributed by atoms with E-state index in [1.54, 1.807) is 19.1 Å². The highest BCUT2D eigenvalue weighted by Crippen LogP contribution is 2.28. The minimum Gasteiger partial charge on any atom is -0.313 e. The summed E-state index contributed by atoms with van der Waals surface area (Å²) in [6.45, 7) is 3.70. The third kappa shape index (κ3) is 2.82. The fraction of sp³-hybridized carbons (Fsp3) is 0.250. The number of hydrogen-bond acceptors (Lipinski definition) is 1. The van der Waals surface area contributed by atoms with E-state index in [9.17, 15) is 8.78 Å². The van der Waals surface area contributed by atoms with Gasteiger partial charge in [0, 0.05) is 6.04 Å². The van der Waals surface area contributed by atoms with Gasteiger partial charge in [-0.15, -0.1) is 0 Å². The summed E-state index contributed by atoms with van der Waals surface area (Å²) in [5.74, 6) is -1.04. The molecule has 0 radical (unpaired) electrons. The first kappa shape index (κ1) is 13.7. The molecule has 100 valence electrons. The van der Waals surface area contributed by atoms with Crippen LogP contribution in [0, 0.1) is 18.6 Å². The molecule has 0 amide bonds. The first-order valence-corrected chi connectivity index (χ1v) is 6.26. The second-order valence-electron chi connectivity index (χ2n) is 4.74. The van der Waals surface area contributed by atoms with Gasteiger partial charge >= 0.3 is 0 Å². The first-order chi connectivity index (χ1) is 9.02. The first-order valence-electron chi connectivity index (χ1n) is 6.26. The van der Waals surface area contributed by atoms with Crippen molar-refractivity contribution in [3.63, 3.8) is 0 Å². The van der Waals surface area contributed by atoms with Gasteiger partial charge in [0.25, 0.3) is 0 Å². The second-order valence-corrected chi connectivity index (χ2v) is 4.74. The summed E-state index contributed by atoms with van der Waals surface area (Å²) in [7, 11) is 1.87. The maximum absolute atomic E-state index is 13.9. The summed E-state index contributed by atoms with van der Waals surface area (Å²) in [5.41, 5.74) is 2.26. The van der Waals surface area contributed by atoms with Crippen molar-refractivity contribution in [1.82, 2.24) is 5.32 Å². The average Bonchev–Trinajstić information content (AvgIpc) is 2.37. The summed E-state index contributed by atoms with van der Waals surface area (Å²) in [6.07, 6.45) is 0. The molecule has 1 unspecified atom stereocenters. The molecule has 2 rings (SSSR count). The molecule has 2 aromatic rings. The SMILES string of the molecule is CNC(C)c1ccc(-c2c(F)cc(C)cc2F)cc1. The lowest BCUT2D eigenvalue weighted by molar-refractivity contribution is 0.587. The van der Waals surface area contributed by atoms with Gasteiger partial charge in [0.15, 0.2) is 0 Å². The number of nitrogens with one attached hydrogen (secondary N) is 1. The normalized spacial score (nSPS) is 12.5. The molecule has 0 aliphatic carbocycles. The minimum atomic E-state index is -0.521. The van der Waals surface area contributed by atoms with Gasteiger partial charge in [-0.1, -0.05) is 24.3 Å². The Morgan fingerprint density at radius 3 is 2.00 bits per heavy atom. The van der Waals surface area contributed by atoms with Crippen LogP contribution in [0.15, 0.2) is 36.4 Å². The quantitative estimate of drug-likeness (QED) is 0.872. The summed E-state index contributed by atoms with van der Waals surface area (Å²) in [6, 6.07) is 10.2. The highest BCUT2D eigenvalue weighted by atomic mass is 19.1. The van der Waals surface area contributed by atoms with Crippen molar-refractivity contribution in [3.05, 3.63) is 59.2 Å². The molecule has 0 aromatic heterocycles. The Kier molecular flexibility index (Phi) is 3.96. The van der Waals surface area contributed by atoms with Crippen molar-refractivity contribution in [2.45, 2.75) is 19.9 Å². The fourth-order valence-corrected chi connectivity index (χ4v) is 2.08. The van der Waals surface area contributed by atoms with Crippen LogP contribution >= 0.6 is 0 Å². The van der Waals surface area contributed by atoms with Gasteiger partial charge in [0.1, 0.15) is 11.6 Å². The van der Waals surface area contributed by atoms with E-state index in [1.807, 2.05) is 26.1 Å². The number of halogens is 2.